The van der Waals surface area contributed by atoms with Crippen molar-refractivity contribution in [1.29, 1.82) is 0 Å². The first-order chi connectivity index (χ1) is 11.1. The zero-order chi connectivity index (χ0) is 16.7. The fraction of sp³-hybridized carbons (Fsp3) is 0.235. The molecule has 1 amide bonds. The molecular formula is C17H17Cl2NO2S. The third kappa shape index (κ3) is 5.98. The summed E-state index contributed by atoms with van der Waals surface area (Å²) >= 11 is 13.4. The molecule has 2 aromatic carbocycles. The van der Waals surface area contributed by atoms with Gasteiger partial charge in [0.2, 0.25) is 5.91 Å². The first kappa shape index (κ1) is 18.0. The Bertz CT molecular complexity index is 679. The van der Waals surface area contributed by atoms with E-state index >= 15 is 0 Å². The summed E-state index contributed by atoms with van der Waals surface area (Å²) in [5, 5.41) is 4.20. The maximum atomic E-state index is 11.9. The van der Waals surface area contributed by atoms with Gasteiger partial charge in [-0.15, -0.1) is 11.8 Å². The van der Waals surface area contributed by atoms with E-state index in [4.69, 9.17) is 27.9 Å². The first-order valence-electron chi connectivity index (χ1n) is 7.00. The molecule has 0 saturated heterocycles. The second-order valence-electron chi connectivity index (χ2n) is 4.86. The summed E-state index contributed by atoms with van der Waals surface area (Å²) in [7, 11) is 1.62. The molecule has 0 saturated carbocycles. The number of nitrogens with one attached hydrogen (secondary N) is 1. The van der Waals surface area contributed by atoms with E-state index in [2.05, 4.69) is 5.32 Å². The van der Waals surface area contributed by atoms with Crippen LogP contribution in [0.4, 0.5) is 0 Å². The van der Waals surface area contributed by atoms with Crippen molar-refractivity contribution in [2.24, 2.45) is 0 Å². The maximum Gasteiger partial charge on any atom is 0.230 e. The monoisotopic (exact) mass is 369 g/mol. The van der Waals surface area contributed by atoms with E-state index in [1.165, 1.54) is 11.8 Å². The molecule has 0 aromatic heterocycles. The van der Waals surface area contributed by atoms with Crippen LogP contribution in [0.3, 0.4) is 0 Å². The van der Waals surface area contributed by atoms with E-state index in [1.54, 1.807) is 19.2 Å². The second-order valence-corrected chi connectivity index (χ2v) is 6.71. The Morgan fingerprint density at radius 2 is 1.96 bits per heavy atom. The van der Waals surface area contributed by atoms with Gasteiger partial charge in [-0.1, -0.05) is 35.3 Å². The molecule has 2 aromatic rings. The van der Waals surface area contributed by atoms with Crippen LogP contribution in [0.2, 0.25) is 10.0 Å². The number of rotatable bonds is 7. The molecule has 0 fully saturated rings. The van der Waals surface area contributed by atoms with Gasteiger partial charge in [0, 0.05) is 27.9 Å². The van der Waals surface area contributed by atoms with Gasteiger partial charge in [-0.25, -0.2) is 0 Å². The van der Waals surface area contributed by atoms with Gasteiger partial charge in [-0.3, -0.25) is 4.79 Å². The lowest BCUT2D eigenvalue weighted by Crippen LogP contribution is -2.24. The Morgan fingerprint density at radius 3 is 2.70 bits per heavy atom. The predicted octanol–water partition coefficient (Wildman–Crippen LogP) is 4.55. The van der Waals surface area contributed by atoms with Crippen LogP contribution in [0.25, 0.3) is 0 Å². The smallest absolute Gasteiger partial charge is 0.230 e. The molecule has 6 heteroatoms. The average Bonchev–Trinajstić information content (AvgIpc) is 2.53. The summed E-state index contributed by atoms with van der Waals surface area (Å²) in [6, 6.07) is 12.9. The van der Waals surface area contributed by atoms with Gasteiger partial charge in [-0.2, -0.15) is 0 Å². The molecule has 23 heavy (non-hydrogen) atoms. The van der Waals surface area contributed by atoms with Gasteiger partial charge in [0.05, 0.1) is 12.9 Å². The van der Waals surface area contributed by atoms with Crippen LogP contribution in [0.15, 0.2) is 42.5 Å². The summed E-state index contributed by atoms with van der Waals surface area (Å²) in [6.07, 6.45) is 0. The highest BCUT2D eigenvalue weighted by Gasteiger charge is 2.07. The Labute approximate surface area is 150 Å². The van der Waals surface area contributed by atoms with Crippen LogP contribution in [0.5, 0.6) is 5.75 Å². The largest absolute Gasteiger partial charge is 0.496 e. The van der Waals surface area contributed by atoms with Crippen LogP contribution < -0.4 is 10.1 Å². The molecule has 2 rings (SSSR count). The molecule has 3 nitrogen and oxygen atoms in total. The molecule has 0 bridgehead atoms. The van der Waals surface area contributed by atoms with E-state index in [-0.39, 0.29) is 5.91 Å². The van der Waals surface area contributed by atoms with Crippen LogP contribution in [0, 0.1) is 0 Å². The van der Waals surface area contributed by atoms with Crippen molar-refractivity contribution >= 4 is 40.9 Å². The number of amides is 1. The van der Waals surface area contributed by atoms with E-state index < -0.39 is 0 Å². The second kappa shape index (κ2) is 9.06. The molecule has 122 valence electrons. The fourth-order valence-electron chi connectivity index (χ4n) is 2.01. The fourth-order valence-corrected chi connectivity index (χ4v) is 3.25. The van der Waals surface area contributed by atoms with Crippen molar-refractivity contribution < 1.29 is 9.53 Å². The van der Waals surface area contributed by atoms with Gasteiger partial charge >= 0.3 is 0 Å². The van der Waals surface area contributed by atoms with Crippen molar-refractivity contribution in [3.05, 3.63) is 63.6 Å². The normalized spacial score (nSPS) is 10.4. The number of methoxy groups -OCH3 is 1. The third-order valence-electron chi connectivity index (χ3n) is 3.11. The van der Waals surface area contributed by atoms with Gasteiger partial charge < -0.3 is 10.1 Å². The van der Waals surface area contributed by atoms with Crippen molar-refractivity contribution in [2.75, 3.05) is 12.9 Å². The van der Waals surface area contributed by atoms with Gasteiger partial charge in [0.25, 0.3) is 0 Å². The molecule has 0 heterocycles. The highest BCUT2D eigenvalue weighted by atomic mass is 35.5. The highest BCUT2D eigenvalue weighted by Crippen LogP contribution is 2.26. The molecule has 0 spiro atoms. The summed E-state index contributed by atoms with van der Waals surface area (Å²) in [6.45, 7) is 0.473. The maximum absolute atomic E-state index is 11.9. The van der Waals surface area contributed by atoms with E-state index in [0.29, 0.717) is 28.1 Å². The van der Waals surface area contributed by atoms with E-state index in [1.807, 2.05) is 30.3 Å². The minimum Gasteiger partial charge on any atom is -0.496 e. The van der Waals surface area contributed by atoms with E-state index in [0.717, 1.165) is 16.9 Å². The Kier molecular flexibility index (Phi) is 7.09. The highest BCUT2D eigenvalue weighted by molar-refractivity contribution is 7.99. The number of thioether (sulfide) groups is 1. The van der Waals surface area contributed by atoms with Crippen molar-refractivity contribution in [3.63, 3.8) is 0 Å². The van der Waals surface area contributed by atoms with E-state index in [9.17, 15) is 4.79 Å². The van der Waals surface area contributed by atoms with Gasteiger partial charge in [0.15, 0.2) is 0 Å². The van der Waals surface area contributed by atoms with Crippen molar-refractivity contribution in [3.8, 4) is 5.75 Å². The number of hydrogen-bond acceptors (Lipinski definition) is 3. The molecule has 0 aliphatic rings. The molecule has 1 N–H and O–H groups in total. The number of carbonyl (C=O) groups is 1. The SMILES string of the molecule is COc1ccc(Cl)cc1CSCC(=O)NCc1cccc(Cl)c1. The first-order valence-corrected chi connectivity index (χ1v) is 8.91. The van der Waals surface area contributed by atoms with Gasteiger partial charge in [-0.05, 0) is 35.9 Å². The Morgan fingerprint density at radius 1 is 1.17 bits per heavy atom. The molecular weight excluding hydrogens is 353 g/mol. The lowest BCUT2D eigenvalue weighted by molar-refractivity contribution is -0.118. The number of benzene rings is 2. The number of ether oxygens (including phenoxy) is 1. The molecule has 0 radical (unpaired) electrons. The minimum atomic E-state index is -0.0176. The number of halogens is 2. The molecule has 0 unspecified atom stereocenters. The lowest BCUT2D eigenvalue weighted by atomic mass is 10.2. The summed E-state index contributed by atoms with van der Waals surface area (Å²) in [4.78, 5) is 11.9. The number of carbonyl (C=O) groups excluding carboxylic acids is 1. The third-order valence-corrected chi connectivity index (χ3v) is 4.56. The molecule has 0 aliphatic heterocycles. The van der Waals surface area contributed by atoms with Crippen molar-refractivity contribution in [2.45, 2.75) is 12.3 Å². The van der Waals surface area contributed by atoms with Crippen LogP contribution in [-0.4, -0.2) is 18.8 Å². The zero-order valence-corrected chi connectivity index (χ0v) is 15.0. The number of hydrogen-bond donors (Lipinski definition) is 1. The molecule has 0 atom stereocenters. The topological polar surface area (TPSA) is 38.3 Å². The van der Waals surface area contributed by atoms with Gasteiger partial charge in [0.1, 0.15) is 5.75 Å². The molecule has 0 aliphatic carbocycles. The van der Waals surface area contributed by atoms with Crippen LogP contribution >= 0.6 is 35.0 Å². The van der Waals surface area contributed by atoms with Crippen LogP contribution in [-0.2, 0) is 17.1 Å². The van der Waals surface area contributed by atoms with Crippen LogP contribution in [0.1, 0.15) is 11.1 Å². The summed E-state index contributed by atoms with van der Waals surface area (Å²) < 4.78 is 5.29. The lowest BCUT2D eigenvalue weighted by Gasteiger charge is -2.09. The zero-order valence-electron chi connectivity index (χ0n) is 12.6. The Hall–Kier alpha value is -1.36. The quantitative estimate of drug-likeness (QED) is 0.777. The standard InChI is InChI=1S/C17H17Cl2NO2S/c1-22-16-6-5-15(19)8-13(16)10-23-11-17(21)20-9-12-3-2-4-14(18)7-12/h2-8H,9-11H2,1H3,(H,20,21). The minimum absolute atomic E-state index is 0.0176. The summed E-state index contributed by atoms with van der Waals surface area (Å²) in [5.41, 5.74) is 1.96. The Balaban J connectivity index is 1.78. The van der Waals surface area contributed by atoms with Crippen molar-refractivity contribution in [1.82, 2.24) is 5.32 Å². The predicted molar refractivity (Wildman–Crippen MR) is 97.5 cm³/mol. The summed E-state index contributed by atoms with van der Waals surface area (Å²) in [5.74, 6) is 1.79. The average molecular weight is 370 g/mol.